The van der Waals surface area contributed by atoms with Crippen LogP contribution in [-0.2, 0) is 13.1 Å². The van der Waals surface area contributed by atoms with Gasteiger partial charge in [0.25, 0.3) is 5.91 Å². The predicted molar refractivity (Wildman–Crippen MR) is 99.1 cm³/mol. The van der Waals surface area contributed by atoms with Crippen molar-refractivity contribution in [1.82, 2.24) is 24.3 Å². The number of primary amides is 1. The number of hydrogen-bond acceptors (Lipinski definition) is 5. The van der Waals surface area contributed by atoms with Crippen molar-refractivity contribution < 1.29 is 27.1 Å². The molecule has 1 amide bonds. The summed E-state index contributed by atoms with van der Waals surface area (Å²) in [6.45, 7) is 0.176. The van der Waals surface area contributed by atoms with Crippen LogP contribution < -0.4 is 10.5 Å². The van der Waals surface area contributed by atoms with Gasteiger partial charge in [-0.15, -0.1) is 0 Å². The minimum atomic E-state index is -4.57. The van der Waals surface area contributed by atoms with E-state index >= 15 is 0 Å². The van der Waals surface area contributed by atoms with Crippen LogP contribution in [-0.4, -0.2) is 43.0 Å². The quantitative estimate of drug-likeness (QED) is 0.571. The molecular formula is C17H13BrF4N6O2. The Labute approximate surface area is 174 Å². The van der Waals surface area contributed by atoms with Crippen LogP contribution in [0.15, 0.2) is 16.6 Å². The number of carbonyl (C=O) groups excluding carboxylic acids is 1. The Morgan fingerprint density at radius 3 is 2.70 bits per heavy atom. The summed E-state index contributed by atoms with van der Waals surface area (Å²) in [4.78, 5) is 20.4. The van der Waals surface area contributed by atoms with E-state index in [0.717, 1.165) is 6.07 Å². The maximum atomic E-state index is 13.9. The number of aromatic nitrogens is 5. The Morgan fingerprint density at radius 1 is 1.30 bits per heavy atom. The third-order valence-corrected chi connectivity index (χ3v) is 4.96. The van der Waals surface area contributed by atoms with E-state index < -0.39 is 24.4 Å². The van der Waals surface area contributed by atoms with Gasteiger partial charge in [-0.3, -0.25) is 4.79 Å². The van der Waals surface area contributed by atoms with Crippen molar-refractivity contribution in [2.24, 2.45) is 5.73 Å². The minimum Gasteiger partial charge on any atom is -0.491 e. The molecule has 1 aromatic carbocycles. The summed E-state index contributed by atoms with van der Waals surface area (Å²) >= 11 is 3.09. The minimum absolute atomic E-state index is 0.0146. The molecule has 0 fully saturated rings. The van der Waals surface area contributed by atoms with Crippen molar-refractivity contribution in [2.45, 2.75) is 26.2 Å². The van der Waals surface area contributed by atoms with Crippen molar-refractivity contribution in [3.63, 3.8) is 0 Å². The lowest BCUT2D eigenvalue weighted by Crippen LogP contribution is -2.21. The Balaban J connectivity index is 1.99. The standard InChI is InChI=1S/C17H13BrF4N6O2/c1-7-24-16(28(26-7)6-17(20,21)22)13-12(14(23)29)25-15-8-4-9(18)10(19)5-11(8)30-3-2-27(13)15/h4-5H,2-3,6H2,1H3,(H2,23,29). The summed E-state index contributed by atoms with van der Waals surface area (Å²) in [5, 5.41) is 3.80. The summed E-state index contributed by atoms with van der Waals surface area (Å²) in [6, 6.07) is 2.57. The molecule has 0 saturated heterocycles. The predicted octanol–water partition coefficient (Wildman–Crippen LogP) is 3.07. The van der Waals surface area contributed by atoms with E-state index in [2.05, 4.69) is 31.0 Å². The smallest absolute Gasteiger partial charge is 0.408 e. The normalized spacial score (nSPS) is 13.4. The van der Waals surface area contributed by atoms with Crippen LogP contribution in [0.25, 0.3) is 22.9 Å². The zero-order valence-electron chi connectivity index (χ0n) is 15.3. The second-order valence-corrected chi connectivity index (χ2v) is 7.37. The van der Waals surface area contributed by atoms with Crippen LogP contribution in [0.4, 0.5) is 17.6 Å². The Kier molecular flexibility index (Phi) is 4.79. The Hall–Kier alpha value is -2.96. The number of benzene rings is 1. The molecule has 0 spiro atoms. The second-order valence-electron chi connectivity index (χ2n) is 6.51. The number of imidazole rings is 1. The second kappa shape index (κ2) is 7.07. The van der Waals surface area contributed by atoms with Crippen molar-refractivity contribution in [3.8, 4) is 28.7 Å². The highest BCUT2D eigenvalue weighted by molar-refractivity contribution is 9.10. The van der Waals surface area contributed by atoms with E-state index in [1.54, 1.807) is 0 Å². The number of rotatable bonds is 3. The highest BCUT2D eigenvalue weighted by Gasteiger charge is 2.34. The van der Waals surface area contributed by atoms with Gasteiger partial charge in [-0.1, -0.05) is 0 Å². The van der Waals surface area contributed by atoms with Crippen LogP contribution in [0.3, 0.4) is 0 Å². The number of amides is 1. The Morgan fingerprint density at radius 2 is 2.03 bits per heavy atom. The summed E-state index contributed by atoms with van der Waals surface area (Å²) in [5.74, 6) is -1.28. The molecule has 0 unspecified atom stereocenters. The number of carbonyl (C=O) groups is 1. The fourth-order valence-corrected chi connectivity index (χ4v) is 3.60. The first-order chi connectivity index (χ1) is 14.0. The topological polar surface area (TPSA) is 101 Å². The number of aryl methyl sites for hydroxylation is 1. The maximum Gasteiger partial charge on any atom is 0.408 e. The lowest BCUT2D eigenvalue weighted by atomic mass is 10.2. The molecule has 3 heterocycles. The van der Waals surface area contributed by atoms with Gasteiger partial charge in [0, 0.05) is 6.07 Å². The van der Waals surface area contributed by atoms with Gasteiger partial charge in [-0.2, -0.15) is 18.3 Å². The summed E-state index contributed by atoms with van der Waals surface area (Å²) in [5.41, 5.74) is 5.52. The molecule has 30 heavy (non-hydrogen) atoms. The lowest BCUT2D eigenvalue weighted by molar-refractivity contribution is -0.142. The monoisotopic (exact) mass is 488 g/mol. The molecule has 0 saturated carbocycles. The van der Waals surface area contributed by atoms with Crippen molar-refractivity contribution in [1.29, 1.82) is 0 Å². The molecule has 3 aromatic rings. The zero-order chi connectivity index (χ0) is 21.8. The molecule has 0 radical (unpaired) electrons. The zero-order valence-corrected chi connectivity index (χ0v) is 16.9. The number of fused-ring (bicyclic) bond motifs is 3. The average Bonchev–Trinajstić information content (AvgIpc) is 3.11. The third-order valence-electron chi connectivity index (χ3n) is 4.36. The lowest BCUT2D eigenvalue weighted by Gasteiger charge is -2.12. The van der Waals surface area contributed by atoms with Crippen molar-refractivity contribution in [2.75, 3.05) is 6.61 Å². The van der Waals surface area contributed by atoms with Gasteiger partial charge in [0.05, 0.1) is 16.6 Å². The first-order valence-electron chi connectivity index (χ1n) is 8.56. The number of nitrogens with zero attached hydrogens (tertiary/aromatic N) is 5. The summed E-state index contributed by atoms with van der Waals surface area (Å²) in [6.07, 6.45) is -4.57. The van der Waals surface area contributed by atoms with E-state index in [9.17, 15) is 22.4 Å². The summed E-state index contributed by atoms with van der Waals surface area (Å²) in [7, 11) is 0. The molecule has 1 aliphatic heterocycles. The number of hydrogen-bond donors (Lipinski definition) is 1. The molecule has 13 heteroatoms. The van der Waals surface area contributed by atoms with Crippen LogP contribution in [0.2, 0.25) is 0 Å². The molecule has 4 rings (SSSR count). The fourth-order valence-electron chi connectivity index (χ4n) is 3.25. The molecule has 2 aromatic heterocycles. The van der Waals surface area contributed by atoms with Crippen LogP contribution in [0.5, 0.6) is 5.75 Å². The molecule has 0 bridgehead atoms. The fraction of sp³-hybridized carbons (Fsp3) is 0.294. The molecule has 2 N–H and O–H groups in total. The number of nitrogens with two attached hydrogens (primary N) is 1. The van der Waals surface area contributed by atoms with Gasteiger partial charge >= 0.3 is 6.18 Å². The SMILES string of the molecule is Cc1nc(-c2c(C(N)=O)nc3n2CCOc2cc(F)c(Br)cc2-3)n(CC(F)(F)F)n1. The molecule has 8 nitrogen and oxygen atoms in total. The van der Waals surface area contributed by atoms with Gasteiger partial charge < -0.3 is 15.0 Å². The van der Waals surface area contributed by atoms with Crippen LogP contribution in [0, 0.1) is 12.7 Å². The third kappa shape index (κ3) is 3.53. The average molecular weight is 489 g/mol. The van der Waals surface area contributed by atoms with Crippen molar-refractivity contribution in [3.05, 3.63) is 33.9 Å². The highest BCUT2D eigenvalue weighted by atomic mass is 79.9. The summed E-state index contributed by atoms with van der Waals surface area (Å²) < 4.78 is 60.9. The largest absolute Gasteiger partial charge is 0.491 e. The van der Waals surface area contributed by atoms with Gasteiger partial charge in [-0.05, 0) is 28.9 Å². The van der Waals surface area contributed by atoms with Crippen LogP contribution >= 0.6 is 15.9 Å². The van der Waals surface area contributed by atoms with Crippen LogP contribution in [0.1, 0.15) is 16.3 Å². The molecule has 0 atom stereocenters. The first kappa shape index (κ1) is 20.3. The van der Waals surface area contributed by atoms with E-state index in [4.69, 9.17) is 10.5 Å². The van der Waals surface area contributed by atoms with Gasteiger partial charge in [-0.25, -0.2) is 19.0 Å². The van der Waals surface area contributed by atoms with Crippen molar-refractivity contribution >= 4 is 21.8 Å². The molecule has 1 aliphatic rings. The molecule has 0 aliphatic carbocycles. The van der Waals surface area contributed by atoms with Gasteiger partial charge in [0.1, 0.15) is 42.1 Å². The molecule has 158 valence electrons. The number of alkyl halides is 3. The highest BCUT2D eigenvalue weighted by Crippen LogP contribution is 2.39. The van der Waals surface area contributed by atoms with E-state index in [1.807, 2.05) is 0 Å². The van der Waals surface area contributed by atoms with Gasteiger partial charge in [0.2, 0.25) is 0 Å². The van der Waals surface area contributed by atoms with E-state index in [1.165, 1.54) is 17.6 Å². The van der Waals surface area contributed by atoms with E-state index in [-0.39, 0.29) is 52.2 Å². The number of halogens is 5. The van der Waals surface area contributed by atoms with E-state index in [0.29, 0.717) is 10.2 Å². The Bertz CT molecular complexity index is 1170. The first-order valence-corrected chi connectivity index (χ1v) is 9.35. The van der Waals surface area contributed by atoms with Gasteiger partial charge in [0.15, 0.2) is 11.5 Å². The number of ether oxygens (including phenoxy) is 1. The maximum absolute atomic E-state index is 13.9. The molecular weight excluding hydrogens is 476 g/mol.